The van der Waals surface area contributed by atoms with Crippen LogP contribution in [0, 0.1) is 11.3 Å². The van der Waals surface area contributed by atoms with Gasteiger partial charge in [-0.3, -0.25) is 4.79 Å². The van der Waals surface area contributed by atoms with Crippen LogP contribution in [-0.2, 0) is 22.4 Å². The highest BCUT2D eigenvalue weighted by molar-refractivity contribution is 5.76. The van der Waals surface area contributed by atoms with Crippen LogP contribution in [0.5, 0.6) is 0 Å². The number of likely N-dealkylation sites (N-methyl/N-ethyl adjacent to an activating group) is 1. The van der Waals surface area contributed by atoms with Crippen molar-refractivity contribution in [3.8, 4) is 6.07 Å². The van der Waals surface area contributed by atoms with E-state index < -0.39 is 0 Å². The Bertz CT molecular complexity index is 523. The molecule has 0 bridgehead atoms. The molecule has 108 valence electrons. The number of nitriles is 1. The fraction of sp³-hybridized carbons (Fsp3) is 0.571. The van der Waals surface area contributed by atoms with Gasteiger partial charge in [-0.2, -0.15) is 10.4 Å². The maximum absolute atomic E-state index is 11.4. The first-order chi connectivity index (χ1) is 9.62. The van der Waals surface area contributed by atoms with Crippen LogP contribution in [-0.4, -0.2) is 36.4 Å². The summed E-state index contributed by atoms with van der Waals surface area (Å²) >= 11 is 0. The summed E-state index contributed by atoms with van der Waals surface area (Å²) in [4.78, 5) is 13.1. The van der Waals surface area contributed by atoms with Crippen LogP contribution in [0.15, 0.2) is 0 Å². The molecule has 1 aromatic heterocycles. The van der Waals surface area contributed by atoms with Crippen LogP contribution < -0.4 is 4.90 Å². The van der Waals surface area contributed by atoms with Crippen LogP contribution in [0.25, 0.3) is 0 Å². The lowest BCUT2D eigenvalue weighted by atomic mass is 10.0. The van der Waals surface area contributed by atoms with E-state index in [2.05, 4.69) is 21.0 Å². The average molecular weight is 276 g/mol. The summed E-state index contributed by atoms with van der Waals surface area (Å²) in [5, 5.41) is 17.7. The quantitative estimate of drug-likeness (QED) is 0.732. The van der Waals surface area contributed by atoms with Crippen LogP contribution >= 0.6 is 0 Å². The summed E-state index contributed by atoms with van der Waals surface area (Å²) in [7, 11) is 1.34. The normalized spacial score (nSPS) is 9.95. The van der Waals surface area contributed by atoms with Crippen LogP contribution in [0.4, 0.5) is 5.82 Å². The number of rotatable bonds is 6. The number of carbonyl (C=O) groups excluding carboxylic acids is 1. The molecule has 6 heteroatoms. The molecule has 0 unspecified atom stereocenters. The van der Waals surface area contributed by atoms with Crippen molar-refractivity contribution in [3.05, 3.63) is 16.8 Å². The van der Waals surface area contributed by atoms with Gasteiger partial charge in [0, 0.05) is 6.54 Å². The maximum atomic E-state index is 11.4. The number of ether oxygens (including phenoxy) is 1. The van der Waals surface area contributed by atoms with E-state index in [1.165, 1.54) is 7.11 Å². The molecule has 0 aliphatic rings. The minimum Gasteiger partial charge on any atom is -0.468 e. The second-order valence-corrected chi connectivity index (χ2v) is 4.23. The summed E-state index contributed by atoms with van der Waals surface area (Å²) < 4.78 is 4.67. The highest BCUT2D eigenvalue weighted by Gasteiger charge is 2.20. The molecule has 0 aliphatic heterocycles. The van der Waals surface area contributed by atoms with Gasteiger partial charge in [0.1, 0.15) is 18.2 Å². The second kappa shape index (κ2) is 7.43. The number of nitrogens with zero attached hydrogens (tertiary/aromatic N) is 4. The van der Waals surface area contributed by atoms with Crippen molar-refractivity contribution in [1.82, 2.24) is 10.2 Å². The van der Waals surface area contributed by atoms with Gasteiger partial charge in [0.2, 0.25) is 0 Å². The number of carbonyl (C=O) groups is 1. The summed E-state index contributed by atoms with van der Waals surface area (Å²) in [5.74, 6) is 0.0876. The topological polar surface area (TPSA) is 79.1 Å². The first-order valence-electron chi connectivity index (χ1n) is 6.73. The molecule has 0 aromatic carbocycles. The largest absolute Gasteiger partial charge is 0.468 e. The minimum atomic E-state index is -0.366. The fourth-order valence-electron chi connectivity index (χ4n) is 2.06. The third kappa shape index (κ3) is 3.23. The van der Waals surface area contributed by atoms with Crippen LogP contribution in [0.3, 0.4) is 0 Å². The number of anilines is 1. The van der Waals surface area contributed by atoms with E-state index >= 15 is 0 Å². The monoisotopic (exact) mass is 276 g/mol. The molecule has 0 N–H and O–H groups in total. The van der Waals surface area contributed by atoms with Crippen molar-refractivity contribution in [2.45, 2.75) is 33.6 Å². The first-order valence-corrected chi connectivity index (χ1v) is 6.73. The average Bonchev–Trinajstić information content (AvgIpc) is 2.50. The lowest BCUT2D eigenvalue weighted by Gasteiger charge is -2.22. The zero-order chi connectivity index (χ0) is 15.1. The summed E-state index contributed by atoms with van der Waals surface area (Å²) in [6, 6.07) is 2.20. The number of esters is 1. The molecule has 0 radical (unpaired) electrons. The predicted octanol–water partition coefficient (Wildman–Crippen LogP) is 1.47. The molecular weight excluding hydrogens is 256 g/mol. The van der Waals surface area contributed by atoms with Crippen molar-refractivity contribution in [2.75, 3.05) is 25.1 Å². The van der Waals surface area contributed by atoms with Gasteiger partial charge >= 0.3 is 5.97 Å². The van der Waals surface area contributed by atoms with Crippen molar-refractivity contribution in [3.63, 3.8) is 0 Å². The molecule has 0 saturated heterocycles. The Morgan fingerprint density at radius 3 is 2.45 bits per heavy atom. The molecule has 6 nitrogen and oxygen atoms in total. The van der Waals surface area contributed by atoms with E-state index in [1.807, 2.05) is 20.8 Å². The molecule has 1 rings (SSSR count). The summed E-state index contributed by atoms with van der Waals surface area (Å²) in [5.41, 5.74) is 2.25. The minimum absolute atomic E-state index is 0.0605. The molecule has 20 heavy (non-hydrogen) atoms. The highest BCUT2D eigenvalue weighted by atomic mass is 16.5. The Morgan fingerprint density at radius 2 is 2.00 bits per heavy atom. The third-order valence-electron chi connectivity index (χ3n) is 3.17. The van der Waals surface area contributed by atoms with E-state index in [0.717, 1.165) is 17.7 Å². The Hall–Kier alpha value is -2.16. The lowest BCUT2D eigenvalue weighted by molar-refractivity contribution is -0.138. The van der Waals surface area contributed by atoms with Crippen molar-refractivity contribution in [2.24, 2.45) is 0 Å². The van der Waals surface area contributed by atoms with Gasteiger partial charge < -0.3 is 9.64 Å². The SMILES string of the molecule is CCc1nnc(N(CC)CC(=O)OC)c(C#N)c1CC. The molecular formula is C14H20N4O2. The number of aromatic nitrogens is 2. The van der Waals surface area contributed by atoms with Crippen molar-refractivity contribution >= 4 is 11.8 Å². The van der Waals surface area contributed by atoms with Gasteiger partial charge in [-0.15, -0.1) is 5.10 Å². The lowest BCUT2D eigenvalue weighted by Crippen LogP contribution is -2.32. The first kappa shape index (κ1) is 15.9. The number of aryl methyl sites for hydroxylation is 1. The number of hydrogen-bond donors (Lipinski definition) is 0. The van der Waals surface area contributed by atoms with E-state index in [9.17, 15) is 10.1 Å². The van der Waals surface area contributed by atoms with Gasteiger partial charge in [0.15, 0.2) is 5.82 Å². The zero-order valence-corrected chi connectivity index (χ0v) is 12.4. The smallest absolute Gasteiger partial charge is 0.325 e. The molecule has 0 saturated carbocycles. The van der Waals surface area contributed by atoms with E-state index in [1.54, 1.807) is 4.90 Å². The maximum Gasteiger partial charge on any atom is 0.325 e. The van der Waals surface area contributed by atoms with Gasteiger partial charge in [-0.05, 0) is 25.3 Å². The molecule has 0 amide bonds. The predicted molar refractivity (Wildman–Crippen MR) is 75.4 cm³/mol. The van der Waals surface area contributed by atoms with E-state index in [4.69, 9.17) is 0 Å². The Labute approximate surface area is 119 Å². The highest BCUT2D eigenvalue weighted by Crippen LogP contribution is 2.23. The molecule has 0 spiro atoms. The van der Waals surface area contributed by atoms with Crippen molar-refractivity contribution < 1.29 is 9.53 Å². The van der Waals surface area contributed by atoms with Crippen LogP contribution in [0.1, 0.15) is 37.6 Å². The Kier molecular flexibility index (Phi) is 5.91. The Morgan fingerprint density at radius 1 is 1.30 bits per heavy atom. The molecule has 1 aromatic rings. The van der Waals surface area contributed by atoms with Gasteiger partial charge in [-0.25, -0.2) is 0 Å². The standard InChI is InChI=1S/C14H20N4O2/c1-5-10-11(8-15)14(17-16-12(10)6-2)18(7-3)9-13(19)20-4/h5-7,9H2,1-4H3. The zero-order valence-electron chi connectivity index (χ0n) is 12.4. The van der Waals surface area contributed by atoms with Gasteiger partial charge in [0.05, 0.1) is 12.8 Å². The number of methoxy groups -OCH3 is 1. The van der Waals surface area contributed by atoms with Gasteiger partial charge in [-0.1, -0.05) is 13.8 Å². The fourth-order valence-corrected chi connectivity index (χ4v) is 2.06. The summed E-state index contributed by atoms with van der Waals surface area (Å²) in [6.07, 6.45) is 1.44. The van der Waals surface area contributed by atoms with E-state index in [0.29, 0.717) is 24.3 Å². The molecule has 0 aliphatic carbocycles. The molecule has 0 fully saturated rings. The van der Waals surface area contributed by atoms with Crippen molar-refractivity contribution in [1.29, 1.82) is 5.26 Å². The van der Waals surface area contributed by atoms with Gasteiger partial charge in [0.25, 0.3) is 0 Å². The van der Waals surface area contributed by atoms with E-state index in [-0.39, 0.29) is 12.5 Å². The van der Waals surface area contributed by atoms with Crippen LogP contribution in [0.2, 0.25) is 0 Å². The summed E-state index contributed by atoms with van der Waals surface area (Å²) in [6.45, 7) is 6.47. The molecule has 1 heterocycles. The molecule has 0 atom stereocenters. The Balaban J connectivity index is 3.29. The number of hydrogen-bond acceptors (Lipinski definition) is 6. The third-order valence-corrected chi connectivity index (χ3v) is 3.17. The second-order valence-electron chi connectivity index (χ2n) is 4.23.